The van der Waals surface area contributed by atoms with Gasteiger partial charge in [0.05, 0.1) is 19.8 Å². The van der Waals surface area contributed by atoms with Crippen LogP contribution in [0.15, 0.2) is 18.2 Å². The van der Waals surface area contributed by atoms with Crippen molar-refractivity contribution in [2.24, 2.45) is 0 Å². The highest BCUT2D eigenvalue weighted by Gasteiger charge is 2.40. The highest BCUT2D eigenvalue weighted by Crippen LogP contribution is 2.40. The van der Waals surface area contributed by atoms with Crippen molar-refractivity contribution in [2.75, 3.05) is 32.9 Å². The first kappa shape index (κ1) is 16.8. The highest BCUT2D eigenvalue weighted by molar-refractivity contribution is 5.74. The molecule has 2 heterocycles. The van der Waals surface area contributed by atoms with E-state index in [1.54, 1.807) is 4.90 Å². The maximum atomic E-state index is 14.0. The summed E-state index contributed by atoms with van der Waals surface area (Å²) in [7, 11) is 0. The van der Waals surface area contributed by atoms with Gasteiger partial charge in [0.15, 0.2) is 0 Å². The van der Waals surface area contributed by atoms with E-state index >= 15 is 0 Å². The summed E-state index contributed by atoms with van der Waals surface area (Å²) in [5, 5.41) is 2.87. The number of hydrogen-bond donors (Lipinski definition) is 1. The van der Waals surface area contributed by atoms with Gasteiger partial charge in [-0.2, -0.15) is 0 Å². The monoisotopic (exact) mass is 348 g/mol. The van der Waals surface area contributed by atoms with Gasteiger partial charge in [0.2, 0.25) is 0 Å². The Labute approximate surface area is 147 Å². The molecule has 4 rings (SSSR count). The molecule has 0 radical (unpaired) electrons. The van der Waals surface area contributed by atoms with E-state index in [1.807, 2.05) is 12.1 Å². The Morgan fingerprint density at radius 3 is 3.00 bits per heavy atom. The number of benzene rings is 1. The van der Waals surface area contributed by atoms with Crippen molar-refractivity contribution in [3.05, 3.63) is 35.1 Å². The molecule has 136 valence electrons. The van der Waals surface area contributed by atoms with Crippen molar-refractivity contribution in [1.29, 1.82) is 0 Å². The van der Waals surface area contributed by atoms with Crippen LogP contribution in [-0.4, -0.2) is 49.4 Å². The fourth-order valence-electron chi connectivity index (χ4n) is 3.77. The first-order valence-corrected chi connectivity index (χ1v) is 9.18. The summed E-state index contributed by atoms with van der Waals surface area (Å²) in [4.78, 5) is 14.3. The smallest absolute Gasteiger partial charge is 0.317 e. The van der Waals surface area contributed by atoms with Crippen molar-refractivity contribution in [3.63, 3.8) is 0 Å². The number of carbonyl (C=O) groups is 1. The van der Waals surface area contributed by atoms with Crippen LogP contribution < -0.4 is 5.32 Å². The molecule has 1 N–H and O–H groups in total. The lowest BCUT2D eigenvalue weighted by Gasteiger charge is -2.44. The Balaban J connectivity index is 1.36. The largest absolute Gasteiger partial charge is 0.378 e. The van der Waals surface area contributed by atoms with Crippen LogP contribution in [0.4, 0.5) is 9.18 Å². The van der Waals surface area contributed by atoms with E-state index in [2.05, 4.69) is 5.32 Å². The number of nitrogens with one attached hydrogen (secondary N) is 1. The standard InChI is InChI=1S/C19H25FN2O3/c20-17-5-4-15(14-2-3-14)10-16(17)11-21-18(23)22-7-9-25-19(12-22)6-1-8-24-13-19/h4-5,10,14H,1-3,6-9,11-13H2,(H,21,23). The molecule has 1 saturated carbocycles. The Morgan fingerprint density at radius 1 is 1.36 bits per heavy atom. The zero-order chi connectivity index (χ0) is 17.3. The fourth-order valence-corrected chi connectivity index (χ4v) is 3.77. The number of urea groups is 1. The number of ether oxygens (including phenoxy) is 2. The molecule has 2 saturated heterocycles. The van der Waals surface area contributed by atoms with Gasteiger partial charge in [-0.1, -0.05) is 12.1 Å². The predicted octanol–water partition coefficient (Wildman–Crippen LogP) is 2.79. The summed E-state index contributed by atoms with van der Waals surface area (Å²) in [5.74, 6) is 0.310. The SMILES string of the molecule is O=C(NCc1cc(C2CC2)ccc1F)N1CCOC2(CCCOC2)C1. The quantitative estimate of drug-likeness (QED) is 0.914. The average molecular weight is 348 g/mol. The first-order valence-electron chi connectivity index (χ1n) is 9.18. The molecule has 1 spiro atoms. The van der Waals surface area contributed by atoms with Crippen molar-refractivity contribution in [2.45, 2.75) is 43.7 Å². The molecule has 0 aromatic heterocycles. The summed E-state index contributed by atoms with van der Waals surface area (Å²) < 4.78 is 25.5. The van der Waals surface area contributed by atoms with Gasteiger partial charge in [-0.3, -0.25) is 0 Å². The third-order valence-corrected chi connectivity index (χ3v) is 5.37. The first-order chi connectivity index (χ1) is 12.2. The second kappa shape index (κ2) is 6.92. The van der Waals surface area contributed by atoms with Crippen LogP contribution in [0.3, 0.4) is 0 Å². The molecule has 6 heteroatoms. The Hall–Kier alpha value is -1.66. The Morgan fingerprint density at radius 2 is 2.24 bits per heavy atom. The molecule has 1 aliphatic carbocycles. The van der Waals surface area contributed by atoms with Gasteiger partial charge in [-0.05, 0) is 43.2 Å². The molecule has 1 unspecified atom stereocenters. The minimum atomic E-state index is -0.370. The number of morpholine rings is 1. The minimum absolute atomic E-state index is 0.163. The number of halogens is 1. The van der Waals surface area contributed by atoms with E-state index in [4.69, 9.17) is 9.47 Å². The Kier molecular flexibility index (Phi) is 4.65. The maximum absolute atomic E-state index is 14.0. The van der Waals surface area contributed by atoms with Crippen LogP contribution in [0.5, 0.6) is 0 Å². The number of nitrogens with zero attached hydrogens (tertiary/aromatic N) is 1. The lowest BCUT2D eigenvalue weighted by atomic mass is 9.94. The molecule has 2 aliphatic heterocycles. The van der Waals surface area contributed by atoms with E-state index in [0.717, 1.165) is 19.4 Å². The number of rotatable bonds is 3. The van der Waals surface area contributed by atoms with Crippen molar-refractivity contribution >= 4 is 6.03 Å². The van der Waals surface area contributed by atoms with Gasteiger partial charge in [0, 0.05) is 25.3 Å². The topological polar surface area (TPSA) is 50.8 Å². The molecule has 5 nitrogen and oxygen atoms in total. The number of amides is 2. The zero-order valence-corrected chi connectivity index (χ0v) is 14.4. The van der Waals surface area contributed by atoms with Crippen LogP contribution in [0.1, 0.15) is 42.7 Å². The van der Waals surface area contributed by atoms with Crippen molar-refractivity contribution in [1.82, 2.24) is 10.2 Å². The van der Waals surface area contributed by atoms with Crippen LogP contribution in [0, 0.1) is 5.82 Å². The van der Waals surface area contributed by atoms with E-state index in [0.29, 0.717) is 37.8 Å². The Bertz CT molecular complexity index is 636. The molecule has 1 atom stereocenters. The molecular formula is C19H25FN2O3. The summed E-state index contributed by atoms with van der Waals surface area (Å²) >= 11 is 0. The molecule has 1 aromatic rings. The minimum Gasteiger partial charge on any atom is -0.378 e. The predicted molar refractivity (Wildman–Crippen MR) is 90.9 cm³/mol. The second-order valence-corrected chi connectivity index (χ2v) is 7.39. The van der Waals surface area contributed by atoms with E-state index in [9.17, 15) is 9.18 Å². The van der Waals surface area contributed by atoms with Gasteiger partial charge in [-0.25, -0.2) is 9.18 Å². The third kappa shape index (κ3) is 3.80. The summed E-state index contributed by atoms with van der Waals surface area (Å²) in [5.41, 5.74) is 1.36. The summed E-state index contributed by atoms with van der Waals surface area (Å²) in [6.45, 7) is 3.11. The van der Waals surface area contributed by atoms with E-state index in [1.165, 1.54) is 24.5 Å². The number of hydrogen-bond acceptors (Lipinski definition) is 3. The average Bonchev–Trinajstić information content (AvgIpc) is 3.46. The molecule has 3 fully saturated rings. The third-order valence-electron chi connectivity index (χ3n) is 5.37. The van der Waals surface area contributed by atoms with Crippen molar-refractivity contribution < 1.29 is 18.7 Å². The fraction of sp³-hybridized carbons (Fsp3) is 0.632. The van der Waals surface area contributed by atoms with Crippen LogP contribution in [-0.2, 0) is 16.0 Å². The molecule has 25 heavy (non-hydrogen) atoms. The summed E-state index contributed by atoms with van der Waals surface area (Å²) in [6.07, 6.45) is 4.22. The maximum Gasteiger partial charge on any atom is 0.317 e. The second-order valence-electron chi connectivity index (χ2n) is 7.39. The van der Waals surface area contributed by atoms with Gasteiger partial charge in [-0.15, -0.1) is 0 Å². The zero-order valence-electron chi connectivity index (χ0n) is 14.4. The van der Waals surface area contributed by atoms with Crippen molar-refractivity contribution in [3.8, 4) is 0 Å². The molecule has 1 aromatic carbocycles. The van der Waals surface area contributed by atoms with Crippen LogP contribution in [0.25, 0.3) is 0 Å². The molecule has 0 bridgehead atoms. The molecule has 2 amide bonds. The van der Waals surface area contributed by atoms with Crippen LogP contribution in [0.2, 0.25) is 0 Å². The van der Waals surface area contributed by atoms with Gasteiger partial charge < -0.3 is 19.7 Å². The lowest BCUT2D eigenvalue weighted by molar-refractivity contribution is -0.160. The van der Waals surface area contributed by atoms with Gasteiger partial charge in [0.1, 0.15) is 11.4 Å². The lowest BCUT2D eigenvalue weighted by Crippen LogP contribution is -2.58. The normalized spacial score (nSPS) is 26.7. The highest BCUT2D eigenvalue weighted by atomic mass is 19.1. The molecule has 3 aliphatic rings. The molecular weight excluding hydrogens is 323 g/mol. The summed E-state index contributed by atoms with van der Waals surface area (Å²) in [6, 6.07) is 5.10. The van der Waals surface area contributed by atoms with Gasteiger partial charge in [0.25, 0.3) is 0 Å². The van der Waals surface area contributed by atoms with Gasteiger partial charge >= 0.3 is 6.03 Å². The van der Waals surface area contributed by atoms with Crippen LogP contribution >= 0.6 is 0 Å². The number of carbonyl (C=O) groups excluding carboxylic acids is 1. The van der Waals surface area contributed by atoms with E-state index in [-0.39, 0.29) is 24.0 Å². The van der Waals surface area contributed by atoms with E-state index < -0.39 is 0 Å².